The van der Waals surface area contributed by atoms with Crippen LogP contribution in [0.4, 0.5) is 17.6 Å². The molecular weight excluding hydrogens is 380 g/mol. The van der Waals surface area contributed by atoms with Crippen LogP contribution in [0.3, 0.4) is 0 Å². The summed E-state index contributed by atoms with van der Waals surface area (Å²) >= 11 is 0. The monoisotopic (exact) mass is 408 g/mol. The van der Waals surface area contributed by atoms with Crippen molar-refractivity contribution in [3.05, 3.63) is 64.7 Å². The van der Waals surface area contributed by atoms with Gasteiger partial charge in [-0.3, -0.25) is 0 Å². The Morgan fingerprint density at radius 3 is 2.03 bits per heavy atom. The van der Waals surface area contributed by atoms with E-state index in [2.05, 4.69) is 6.92 Å². The number of halogens is 4. The molecule has 0 saturated heterocycles. The highest BCUT2D eigenvalue weighted by molar-refractivity contribution is 5.33. The van der Waals surface area contributed by atoms with Crippen molar-refractivity contribution in [1.82, 2.24) is 0 Å². The highest BCUT2D eigenvalue weighted by Gasteiger charge is 2.24. The standard InChI is InChI=1S/C24H28F4O/c1-2-3-4-5-16-6-8-18(9-7-16)19-12-22(27)24(23(28)13-19)29-15-17-10-20(25)14-21(26)11-17/h10-14,16,18H,2-9,15H2,1H3/t16-,18-. The predicted molar refractivity (Wildman–Crippen MR) is 106 cm³/mol. The lowest BCUT2D eigenvalue weighted by Gasteiger charge is -2.29. The first kappa shape index (κ1) is 21.7. The maximum atomic E-state index is 14.5. The summed E-state index contributed by atoms with van der Waals surface area (Å²) in [5.74, 6) is -2.69. The Labute approximate surface area is 170 Å². The molecule has 158 valence electrons. The normalized spacial score (nSPS) is 19.3. The first-order chi connectivity index (χ1) is 14.0. The SMILES string of the molecule is CCCCC[C@H]1CC[C@H](c2cc(F)c(OCc3cc(F)cc(F)c3)c(F)c2)CC1. The van der Waals surface area contributed by atoms with Gasteiger partial charge in [0.2, 0.25) is 0 Å². The summed E-state index contributed by atoms with van der Waals surface area (Å²) < 4.78 is 60.7. The molecule has 0 aromatic heterocycles. The molecule has 0 aliphatic heterocycles. The number of benzene rings is 2. The van der Waals surface area contributed by atoms with E-state index in [4.69, 9.17) is 4.74 Å². The zero-order valence-electron chi connectivity index (χ0n) is 16.8. The van der Waals surface area contributed by atoms with Crippen LogP contribution in [-0.4, -0.2) is 0 Å². The van der Waals surface area contributed by atoms with Crippen molar-refractivity contribution in [1.29, 1.82) is 0 Å². The zero-order chi connectivity index (χ0) is 20.8. The van der Waals surface area contributed by atoms with Gasteiger partial charge < -0.3 is 4.74 Å². The minimum absolute atomic E-state index is 0.160. The maximum Gasteiger partial charge on any atom is 0.191 e. The van der Waals surface area contributed by atoms with Gasteiger partial charge in [0.05, 0.1) is 0 Å². The minimum atomic E-state index is -0.776. The molecule has 1 nitrogen and oxygen atoms in total. The molecule has 29 heavy (non-hydrogen) atoms. The third kappa shape index (κ3) is 5.97. The average Bonchev–Trinajstić information content (AvgIpc) is 2.67. The van der Waals surface area contributed by atoms with Crippen LogP contribution in [0.25, 0.3) is 0 Å². The van der Waals surface area contributed by atoms with Gasteiger partial charge in [-0.1, -0.05) is 32.6 Å². The van der Waals surface area contributed by atoms with Crippen molar-refractivity contribution in [2.45, 2.75) is 70.8 Å². The van der Waals surface area contributed by atoms with Gasteiger partial charge in [0.25, 0.3) is 0 Å². The van der Waals surface area contributed by atoms with Gasteiger partial charge in [-0.25, -0.2) is 17.6 Å². The van der Waals surface area contributed by atoms with Crippen molar-refractivity contribution >= 4 is 0 Å². The van der Waals surface area contributed by atoms with E-state index in [0.29, 0.717) is 5.56 Å². The smallest absolute Gasteiger partial charge is 0.191 e. The van der Waals surface area contributed by atoms with Gasteiger partial charge >= 0.3 is 0 Å². The van der Waals surface area contributed by atoms with Crippen LogP contribution in [-0.2, 0) is 6.61 Å². The Kier molecular flexibility index (Phi) is 7.57. The second-order valence-electron chi connectivity index (χ2n) is 8.09. The molecule has 1 aliphatic rings. The van der Waals surface area contributed by atoms with E-state index < -0.39 is 29.0 Å². The number of rotatable bonds is 8. The quantitative estimate of drug-likeness (QED) is 0.321. The minimum Gasteiger partial charge on any atom is -0.483 e. The second kappa shape index (κ2) is 10.1. The Balaban J connectivity index is 1.61. The topological polar surface area (TPSA) is 9.23 Å². The fourth-order valence-corrected chi connectivity index (χ4v) is 4.27. The zero-order valence-corrected chi connectivity index (χ0v) is 16.8. The third-order valence-corrected chi connectivity index (χ3v) is 5.86. The maximum absolute atomic E-state index is 14.5. The summed E-state index contributed by atoms with van der Waals surface area (Å²) in [5, 5.41) is 0. The lowest BCUT2D eigenvalue weighted by Crippen LogP contribution is -2.14. The average molecular weight is 408 g/mol. The summed E-state index contributed by atoms with van der Waals surface area (Å²) in [7, 11) is 0. The van der Waals surface area contributed by atoms with Gasteiger partial charge in [-0.15, -0.1) is 0 Å². The predicted octanol–water partition coefficient (Wildman–Crippen LogP) is 7.68. The Morgan fingerprint density at radius 2 is 1.45 bits per heavy atom. The van der Waals surface area contributed by atoms with Gasteiger partial charge in [0, 0.05) is 6.07 Å². The van der Waals surface area contributed by atoms with E-state index in [1.54, 1.807) is 0 Å². The molecule has 0 bridgehead atoms. The number of ether oxygens (including phenoxy) is 1. The molecule has 0 spiro atoms. The number of hydrogen-bond donors (Lipinski definition) is 0. The van der Waals surface area contributed by atoms with Crippen LogP contribution in [0.1, 0.15) is 75.3 Å². The number of hydrogen-bond acceptors (Lipinski definition) is 1. The molecule has 0 heterocycles. The van der Waals surface area contributed by atoms with Crippen molar-refractivity contribution in [2.24, 2.45) is 5.92 Å². The van der Waals surface area contributed by atoms with E-state index in [1.165, 1.54) is 37.8 Å². The van der Waals surface area contributed by atoms with Crippen LogP contribution in [0.5, 0.6) is 5.75 Å². The first-order valence-corrected chi connectivity index (χ1v) is 10.5. The fraction of sp³-hybridized carbons (Fsp3) is 0.500. The third-order valence-electron chi connectivity index (χ3n) is 5.86. The van der Waals surface area contributed by atoms with Crippen LogP contribution < -0.4 is 4.74 Å². The van der Waals surface area contributed by atoms with Crippen LogP contribution in [0.15, 0.2) is 30.3 Å². The van der Waals surface area contributed by atoms with Crippen molar-refractivity contribution < 1.29 is 22.3 Å². The molecule has 0 amide bonds. The summed E-state index contributed by atoms with van der Waals surface area (Å²) in [4.78, 5) is 0. The summed E-state index contributed by atoms with van der Waals surface area (Å²) in [6.07, 6.45) is 9.07. The van der Waals surface area contributed by atoms with E-state index in [-0.39, 0.29) is 18.1 Å². The molecule has 0 radical (unpaired) electrons. The van der Waals surface area contributed by atoms with E-state index in [1.807, 2.05) is 0 Å². The molecule has 1 saturated carbocycles. The molecule has 1 fully saturated rings. The highest BCUT2D eigenvalue weighted by atomic mass is 19.1. The fourth-order valence-electron chi connectivity index (χ4n) is 4.27. The van der Waals surface area contributed by atoms with E-state index in [9.17, 15) is 17.6 Å². The molecule has 2 aromatic rings. The number of unbranched alkanes of at least 4 members (excludes halogenated alkanes) is 2. The van der Waals surface area contributed by atoms with Crippen LogP contribution in [0, 0.1) is 29.2 Å². The Hall–Kier alpha value is -2.04. The highest BCUT2D eigenvalue weighted by Crippen LogP contribution is 2.39. The largest absolute Gasteiger partial charge is 0.483 e. The Morgan fingerprint density at radius 1 is 0.828 bits per heavy atom. The van der Waals surface area contributed by atoms with Crippen LogP contribution >= 0.6 is 0 Å². The van der Waals surface area contributed by atoms with E-state index >= 15 is 0 Å². The van der Waals surface area contributed by atoms with Gasteiger partial charge in [-0.05, 0) is 72.9 Å². The Bertz CT molecular complexity index is 769. The molecule has 0 N–H and O–H groups in total. The first-order valence-electron chi connectivity index (χ1n) is 10.5. The molecular formula is C24H28F4O. The van der Waals surface area contributed by atoms with Gasteiger partial charge in [0.1, 0.15) is 18.2 Å². The molecule has 2 aromatic carbocycles. The van der Waals surface area contributed by atoms with E-state index in [0.717, 1.165) is 49.8 Å². The van der Waals surface area contributed by atoms with Crippen molar-refractivity contribution in [3.8, 4) is 5.75 Å². The van der Waals surface area contributed by atoms with Gasteiger partial charge in [0.15, 0.2) is 17.4 Å². The molecule has 0 unspecified atom stereocenters. The summed E-state index contributed by atoms with van der Waals surface area (Å²) in [6, 6.07) is 5.57. The van der Waals surface area contributed by atoms with Crippen molar-refractivity contribution in [3.63, 3.8) is 0 Å². The molecule has 0 atom stereocenters. The second-order valence-corrected chi connectivity index (χ2v) is 8.09. The summed E-state index contributed by atoms with van der Waals surface area (Å²) in [5.41, 5.74) is 0.836. The molecule has 5 heteroatoms. The van der Waals surface area contributed by atoms with Crippen LogP contribution in [0.2, 0.25) is 0 Å². The molecule has 3 rings (SSSR count). The molecule has 1 aliphatic carbocycles. The summed E-state index contributed by atoms with van der Waals surface area (Å²) in [6.45, 7) is 1.88. The lowest BCUT2D eigenvalue weighted by molar-refractivity contribution is 0.271. The van der Waals surface area contributed by atoms with Crippen molar-refractivity contribution in [2.75, 3.05) is 0 Å². The lowest BCUT2D eigenvalue weighted by atomic mass is 9.77. The van der Waals surface area contributed by atoms with Gasteiger partial charge in [-0.2, -0.15) is 0 Å².